The summed E-state index contributed by atoms with van der Waals surface area (Å²) in [6.07, 6.45) is 0.745. The summed E-state index contributed by atoms with van der Waals surface area (Å²) in [5.74, 6) is -1.74. The Bertz CT molecular complexity index is 353. The van der Waals surface area contributed by atoms with Gasteiger partial charge in [-0.2, -0.15) is 0 Å². The standard InChI is InChI=1S/C13H21NO4/c1-8(2)5-9(12(17)18)14-10(15)6-13(3,4)7-11(14)16/h8-9H,5-7H2,1-4H3,(H,17,18). The van der Waals surface area contributed by atoms with E-state index in [-0.39, 0.29) is 36.0 Å². The Labute approximate surface area is 107 Å². The van der Waals surface area contributed by atoms with Gasteiger partial charge in [0.15, 0.2) is 0 Å². The van der Waals surface area contributed by atoms with Crippen LogP contribution in [-0.4, -0.2) is 33.8 Å². The number of amides is 2. The van der Waals surface area contributed by atoms with Gasteiger partial charge >= 0.3 is 5.97 Å². The summed E-state index contributed by atoms with van der Waals surface area (Å²) in [7, 11) is 0. The molecular weight excluding hydrogens is 234 g/mol. The number of likely N-dealkylation sites (tertiary alicyclic amines) is 1. The lowest BCUT2D eigenvalue weighted by molar-refractivity contribution is -0.164. The third-order valence-corrected chi connectivity index (χ3v) is 3.09. The minimum atomic E-state index is -1.11. The molecule has 5 heteroatoms. The van der Waals surface area contributed by atoms with E-state index in [9.17, 15) is 19.5 Å². The Morgan fingerprint density at radius 3 is 2.06 bits per heavy atom. The number of hydrogen-bond donors (Lipinski definition) is 1. The fraction of sp³-hybridized carbons (Fsp3) is 0.769. The van der Waals surface area contributed by atoms with Gasteiger partial charge in [-0.25, -0.2) is 4.79 Å². The zero-order chi connectivity index (χ0) is 14.1. The minimum absolute atomic E-state index is 0.113. The Balaban J connectivity index is 2.95. The molecule has 1 N–H and O–H groups in total. The molecule has 0 spiro atoms. The Hall–Kier alpha value is -1.39. The fourth-order valence-corrected chi connectivity index (χ4v) is 2.30. The number of piperidine rings is 1. The molecule has 102 valence electrons. The molecule has 1 heterocycles. The van der Waals surface area contributed by atoms with Crippen LogP contribution in [0, 0.1) is 11.3 Å². The molecule has 0 aliphatic carbocycles. The van der Waals surface area contributed by atoms with Crippen LogP contribution >= 0.6 is 0 Å². The van der Waals surface area contributed by atoms with Gasteiger partial charge in [0.25, 0.3) is 0 Å². The van der Waals surface area contributed by atoms with Crippen LogP contribution in [0.3, 0.4) is 0 Å². The van der Waals surface area contributed by atoms with Crippen LogP contribution in [0.15, 0.2) is 0 Å². The first-order valence-electron chi connectivity index (χ1n) is 6.22. The van der Waals surface area contributed by atoms with E-state index < -0.39 is 12.0 Å². The monoisotopic (exact) mass is 255 g/mol. The SMILES string of the molecule is CC(C)CC(C(=O)O)N1C(=O)CC(C)(C)CC1=O. The van der Waals surface area contributed by atoms with Gasteiger partial charge < -0.3 is 5.11 Å². The summed E-state index contributed by atoms with van der Waals surface area (Å²) in [6.45, 7) is 7.44. The summed E-state index contributed by atoms with van der Waals surface area (Å²) in [4.78, 5) is 36.2. The molecule has 1 aliphatic heterocycles. The zero-order valence-corrected chi connectivity index (χ0v) is 11.4. The van der Waals surface area contributed by atoms with Gasteiger partial charge in [-0.05, 0) is 17.8 Å². The maximum absolute atomic E-state index is 12.0. The van der Waals surface area contributed by atoms with E-state index in [1.165, 1.54) is 0 Å². The van der Waals surface area contributed by atoms with Gasteiger partial charge in [0, 0.05) is 12.8 Å². The average Bonchev–Trinajstić information content (AvgIpc) is 2.11. The van der Waals surface area contributed by atoms with E-state index in [2.05, 4.69) is 0 Å². The van der Waals surface area contributed by atoms with Crippen molar-refractivity contribution in [2.75, 3.05) is 0 Å². The molecule has 1 unspecified atom stereocenters. The van der Waals surface area contributed by atoms with Crippen LogP contribution < -0.4 is 0 Å². The third-order valence-electron chi connectivity index (χ3n) is 3.09. The molecule has 1 atom stereocenters. The highest BCUT2D eigenvalue weighted by atomic mass is 16.4. The Kier molecular flexibility index (Phi) is 4.14. The quantitative estimate of drug-likeness (QED) is 0.775. The maximum atomic E-state index is 12.0. The van der Waals surface area contributed by atoms with Crippen molar-refractivity contribution >= 4 is 17.8 Å². The number of carbonyl (C=O) groups excluding carboxylic acids is 2. The fourth-order valence-electron chi connectivity index (χ4n) is 2.30. The molecule has 0 aromatic heterocycles. The molecule has 5 nitrogen and oxygen atoms in total. The molecule has 1 saturated heterocycles. The predicted molar refractivity (Wildman–Crippen MR) is 65.7 cm³/mol. The van der Waals surface area contributed by atoms with Crippen molar-refractivity contribution in [1.29, 1.82) is 0 Å². The lowest BCUT2D eigenvalue weighted by Crippen LogP contribution is -2.54. The van der Waals surface area contributed by atoms with Crippen molar-refractivity contribution in [3.63, 3.8) is 0 Å². The molecule has 1 aliphatic rings. The summed E-state index contributed by atoms with van der Waals surface area (Å²) >= 11 is 0. The zero-order valence-electron chi connectivity index (χ0n) is 11.4. The maximum Gasteiger partial charge on any atom is 0.326 e. The van der Waals surface area contributed by atoms with Gasteiger partial charge in [-0.15, -0.1) is 0 Å². The van der Waals surface area contributed by atoms with Crippen LogP contribution in [0.2, 0.25) is 0 Å². The van der Waals surface area contributed by atoms with Crippen molar-refractivity contribution in [2.45, 2.75) is 53.0 Å². The number of carboxylic acid groups (broad SMARTS) is 1. The normalized spacial score (nSPS) is 21.3. The predicted octanol–water partition coefficient (Wildman–Crippen LogP) is 1.66. The molecule has 0 aromatic carbocycles. The molecule has 1 rings (SSSR count). The molecule has 0 saturated carbocycles. The largest absolute Gasteiger partial charge is 0.480 e. The van der Waals surface area contributed by atoms with E-state index in [1.54, 1.807) is 0 Å². The first kappa shape index (κ1) is 14.7. The summed E-state index contributed by atoms with van der Waals surface area (Å²) in [5, 5.41) is 9.19. The number of carbonyl (C=O) groups is 3. The Morgan fingerprint density at radius 2 is 1.72 bits per heavy atom. The van der Waals surface area contributed by atoms with E-state index in [1.807, 2.05) is 27.7 Å². The number of rotatable bonds is 4. The van der Waals surface area contributed by atoms with Crippen molar-refractivity contribution in [3.05, 3.63) is 0 Å². The number of nitrogens with zero attached hydrogens (tertiary/aromatic N) is 1. The summed E-state index contributed by atoms with van der Waals surface area (Å²) in [5.41, 5.74) is -0.369. The summed E-state index contributed by atoms with van der Waals surface area (Å²) < 4.78 is 0. The Morgan fingerprint density at radius 1 is 1.28 bits per heavy atom. The molecule has 18 heavy (non-hydrogen) atoms. The first-order chi connectivity index (χ1) is 8.14. The highest BCUT2D eigenvalue weighted by molar-refractivity contribution is 6.01. The van der Waals surface area contributed by atoms with Crippen LogP contribution in [0.4, 0.5) is 0 Å². The molecule has 2 amide bonds. The lowest BCUT2D eigenvalue weighted by atomic mass is 9.81. The topological polar surface area (TPSA) is 74.7 Å². The summed E-state index contributed by atoms with van der Waals surface area (Å²) in [6, 6.07) is -1.03. The first-order valence-corrected chi connectivity index (χ1v) is 6.22. The molecule has 1 fully saturated rings. The van der Waals surface area contributed by atoms with Crippen LogP contribution in [-0.2, 0) is 14.4 Å². The van der Waals surface area contributed by atoms with Crippen LogP contribution in [0.1, 0.15) is 47.0 Å². The second-order valence-corrected chi connectivity index (χ2v) is 6.16. The number of hydrogen-bond acceptors (Lipinski definition) is 3. The van der Waals surface area contributed by atoms with Crippen molar-refractivity contribution in [3.8, 4) is 0 Å². The van der Waals surface area contributed by atoms with Gasteiger partial charge in [-0.1, -0.05) is 27.7 Å². The minimum Gasteiger partial charge on any atom is -0.480 e. The molecule has 0 bridgehead atoms. The highest BCUT2D eigenvalue weighted by Gasteiger charge is 2.43. The van der Waals surface area contributed by atoms with Crippen molar-refractivity contribution in [2.24, 2.45) is 11.3 Å². The van der Waals surface area contributed by atoms with Gasteiger partial charge in [0.05, 0.1) is 0 Å². The average molecular weight is 255 g/mol. The van der Waals surface area contributed by atoms with E-state index in [4.69, 9.17) is 0 Å². The van der Waals surface area contributed by atoms with Crippen molar-refractivity contribution in [1.82, 2.24) is 4.90 Å². The highest BCUT2D eigenvalue weighted by Crippen LogP contribution is 2.33. The van der Waals surface area contributed by atoms with Gasteiger partial charge in [-0.3, -0.25) is 14.5 Å². The van der Waals surface area contributed by atoms with Gasteiger partial charge in [0.1, 0.15) is 6.04 Å². The molecule has 0 aromatic rings. The van der Waals surface area contributed by atoms with Gasteiger partial charge in [0.2, 0.25) is 11.8 Å². The van der Waals surface area contributed by atoms with E-state index in [0.29, 0.717) is 6.42 Å². The van der Waals surface area contributed by atoms with E-state index >= 15 is 0 Å². The van der Waals surface area contributed by atoms with Crippen LogP contribution in [0.25, 0.3) is 0 Å². The van der Waals surface area contributed by atoms with Crippen LogP contribution in [0.5, 0.6) is 0 Å². The third kappa shape index (κ3) is 3.31. The lowest BCUT2D eigenvalue weighted by Gasteiger charge is -2.37. The molecular formula is C13H21NO4. The second-order valence-electron chi connectivity index (χ2n) is 6.16. The second kappa shape index (κ2) is 5.08. The van der Waals surface area contributed by atoms with E-state index in [0.717, 1.165) is 4.90 Å². The number of aliphatic carboxylic acids is 1. The van der Waals surface area contributed by atoms with Crippen molar-refractivity contribution < 1.29 is 19.5 Å². The number of imide groups is 1. The molecule has 0 radical (unpaired) electrons. The smallest absolute Gasteiger partial charge is 0.326 e. The number of carboxylic acids is 1.